The van der Waals surface area contributed by atoms with Gasteiger partial charge < -0.3 is 20.7 Å². The van der Waals surface area contributed by atoms with Crippen LogP contribution in [0.2, 0.25) is 0 Å². The number of primary amides is 1. The van der Waals surface area contributed by atoms with E-state index < -0.39 is 5.91 Å². The Bertz CT molecular complexity index is 613. The van der Waals surface area contributed by atoms with Gasteiger partial charge in [-0.2, -0.15) is 0 Å². The summed E-state index contributed by atoms with van der Waals surface area (Å²) in [5, 5.41) is 3.43. The number of nitrogens with zero attached hydrogens (tertiary/aromatic N) is 3. The van der Waals surface area contributed by atoms with Crippen LogP contribution in [0.3, 0.4) is 0 Å². The maximum absolute atomic E-state index is 11.8. The van der Waals surface area contributed by atoms with Crippen molar-refractivity contribution in [2.45, 2.75) is 25.9 Å². The molecule has 1 amide bonds. The summed E-state index contributed by atoms with van der Waals surface area (Å²) in [6.45, 7) is 9.40. The number of anilines is 1. The monoisotopic (exact) mass is 333 g/mol. The fraction of sp³-hybridized carbons (Fsp3) is 0.647. The standard InChI is InChI=1S/C17H27N5O2/c1-11-8-13(16(18)23)17(19-12(11)2)20-14-9-24-10-15(14)22-6-4-21(3)5-7-22/h8,14-15H,4-7,9-10H2,1-3H3,(H2,18,23)(H,19,20). The van der Waals surface area contributed by atoms with Gasteiger partial charge in [-0.1, -0.05) is 0 Å². The molecule has 7 heteroatoms. The van der Waals surface area contributed by atoms with E-state index >= 15 is 0 Å². The van der Waals surface area contributed by atoms with Gasteiger partial charge in [0.2, 0.25) is 0 Å². The van der Waals surface area contributed by atoms with Crippen LogP contribution in [0, 0.1) is 13.8 Å². The van der Waals surface area contributed by atoms with Crippen molar-refractivity contribution in [3.8, 4) is 0 Å². The lowest BCUT2D eigenvalue weighted by atomic mass is 10.1. The third-order valence-electron chi connectivity index (χ3n) is 5.11. The Hall–Kier alpha value is -1.70. The van der Waals surface area contributed by atoms with Crippen LogP contribution < -0.4 is 11.1 Å². The van der Waals surface area contributed by atoms with E-state index in [0.717, 1.165) is 37.4 Å². The van der Waals surface area contributed by atoms with E-state index in [4.69, 9.17) is 10.5 Å². The van der Waals surface area contributed by atoms with Crippen molar-refractivity contribution in [3.05, 3.63) is 22.9 Å². The molecule has 0 radical (unpaired) electrons. The van der Waals surface area contributed by atoms with Gasteiger partial charge in [-0.25, -0.2) is 4.98 Å². The fourth-order valence-corrected chi connectivity index (χ4v) is 3.37. The van der Waals surface area contributed by atoms with Gasteiger partial charge in [0.25, 0.3) is 5.91 Å². The number of carbonyl (C=O) groups excluding carboxylic acids is 1. The molecule has 2 aliphatic heterocycles. The van der Waals surface area contributed by atoms with Crippen molar-refractivity contribution in [1.29, 1.82) is 0 Å². The molecule has 2 saturated heterocycles. The van der Waals surface area contributed by atoms with Crippen molar-refractivity contribution < 1.29 is 9.53 Å². The topological polar surface area (TPSA) is 83.7 Å². The van der Waals surface area contributed by atoms with Crippen LogP contribution in [0.1, 0.15) is 21.6 Å². The molecule has 7 nitrogen and oxygen atoms in total. The molecule has 24 heavy (non-hydrogen) atoms. The normalized spacial score (nSPS) is 25.8. The Labute approximate surface area is 143 Å². The number of ether oxygens (including phenoxy) is 1. The Morgan fingerprint density at radius 2 is 2.00 bits per heavy atom. The quantitative estimate of drug-likeness (QED) is 0.820. The van der Waals surface area contributed by atoms with Crippen LogP contribution in [-0.2, 0) is 4.74 Å². The van der Waals surface area contributed by atoms with Gasteiger partial charge in [-0.15, -0.1) is 0 Å². The number of rotatable bonds is 4. The van der Waals surface area contributed by atoms with Crippen LogP contribution in [0.25, 0.3) is 0 Å². The van der Waals surface area contributed by atoms with Crippen LogP contribution >= 0.6 is 0 Å². The van der Waals surface area contributed by atoms with Crippen molar-refractivity contribution in [1.82, 2.24) is 14.8 Å². The summed E-state index contributed by atoms with van der Waals surface area (Å²) in [6, 6.07) is 2.22. The maximum Gasteiger partial charge on any atom is 0.252 e. The lowest BCUT2D eigenvalue weighted by Crippen LogP contribution is -2.54. The van der Waals surface area contributed by atoms with Crippen molar-refractivity contribution in [2.75, 3.05) is 51.8 Å². The molecular weight excluding hydrogens is 306 g/mol. The predicted octanol–water partition coefficient (Wildman–Crippen LogP) is 0.224. The highest BCUT2D eigenvalue weighted by molar-refractivity contribution is 5.97. The molecule has 2 atom stereocenters. The molecule has 2 aliphatic rings. The molecule has 2 unspecified atom stereocenters. The first-order chi connectivity index (χ1) is 11.5. The van der Waals surface area contributed by atoms with Gasteiger partial charge in [-0.05, 0) is 32.5 Å². The first-order valence-electron chi connectivity index (χ1n) is 8.50. The van der Waals surface area contributed by atoms with E-state index in [-0.39, 0.29) is 6.04 Å². The second-order valence-corrected chi connectivity index (χ2v) is 6.85. The second-order valence-electron chi connectivity index (χ2n) is 6.85. The summed E-state index contributed by atoms with van der Waals surface area (Å²) < 4.78 is 5.71. The van der Waals surface area contributed by atoms with Gasteiger partial charge >= 0.3 is 0 Å². The first kappa shape index (κ1) is 17.1. The summed E-state index contributed by atoms with van der Waals surface area (Å²) in [5.74, 6) is 0.114. The highest BCUT2D eigenvalue weighted by atomic mass is 16.5. The number of nitrogens with two attached hydrogens (primary N) is 1. The van der Waals surface area contributed by atoms with Gasteiger partial charge in [-0.3, -0.25) is 9.69 Å². The molecular formula is C17H27N5O2. The van der Waals surface area contributed by atoms with E-state index in [9.17, 15) is 4.79 Å². The number of hydrogen-bond donors (Lipinski definition) is 2. The molecule has 132 valence electrons. The number of hydrogen-bond acceptors (Lipinski definition) is 6. The van der Waals surface area contributed by atoms with Crippen LogP contribution in [0.5, 0.6) is 0 Å². The van der Waals surface area contributed by atoms with Crippen molar-refractivity contribution in [3.63, 3.8) is 0 Å². The van der Waals surface area contributed by atoms with Crippen molar-refractivity contribution >= 4 is 11.7 Å². The molecule has 3 rings (SSSR count). The minimum absolute atomic E-state index is 0.112. The average molecular weight is 333 g/mol. The third kappa shape index (κ3) is 3.53. The smallest absolute Gasteiger partial charge is 0.252 e. The number of amides is 1. The Morgan fingerprint density at radius 1 is 1.29 bits per heavy atom. The molecule has 0 aliphatic carbocycles. The zero-order valence-corrected chi connectivity index (χ0v) is 14.7. The number of pyridine rings is 1. The van der Waals surface area contributed by atoms with Gasteiger partial charge in [0, 0.05) is 31.9 Å². The highest BCUT2D eigenvalue weighted by Crippen LogP contribution is 2.22. The zero-order valence-electron chi connectivity index (χ0n) is 14.7. The average Bonchev–Trinajstić information content (AvgIpc) is 2.99. The molecule has 1 aromatic heterocycles. The molecule has 1 aromatic rings. The van der Waals surface area contributed by atoms with E-state index in [1.54, 1.807) is 0 Å². The molecule has 3 heterocycles. The van der Waals surface area contributed by atoms with E-state index in [2.05, 4.69) is 27.1 Å². The SMILES string of the molecule is Cc1cc(C(N)=O)c(NC2COCC2N2CCN(C)CC2)nc1C. The molecule has 0 saturated carbocycles. The lowest BCUT2D eigenvalue weighted by molar-refractivity contribution is 0.0948. The fourth-order valence-electron chi connectivity index (χ4n) is 3.37. The van der Waals surface area contributed by atoms with Crippen LogP contribution in [0.15, 0.2) is 6.07 Å². The predicted molar refractivity (Wildman–Crippen MR) is 93.3 cm³/mol. The molecule has 0 spiro atoms. The second kappa shape index (κ2) is 7.04. The number of likely N-dealkylation sites (N-methyl/N-ethyl adjacent to an activating group) is 1. The molecule has 2 fully saturated rings. The number of aryl methyl sites for hydroxylation is 2. The van der Waals surface area contributed by atoms with Gasteiger partial charge in [0.1, 0.15) is 5.82 Å². The number of carbonyl (C=O) groups is 1. The summed E-state index contributed by atoms with van der Waals surface area (Å²) >= 11 is 0. The Kier molecular flexibility index (Phi) is 5.03. The molecule has 3 N–H and O–H groups in total. The summed E-state index contributed by atoms with van der Waals surface area (Å²) in [5.41, 5.74) is 7.85. The summed E-state index contributed by atoms with van der Waals surface area (Å²) in [7, 11) is 2.15. The van der Waals surface area contributed by atoms with Crippen LogP contribution in [-0.4, -0.2) is 79.2 Å². The van der Waals surface area contributed by atoms with E-state index in [1.807, 2.05) is 19.9 Å². The first-order valence-corrected chi connectivity index (χ1v) is 8.50. The Balaban J connectivity index is 1.77. The molecule has 0 aromatic carbocycles. The minimum atomic E-state index is -0.455. The summed E-state index contributed by atoms with van der Waals surface area (Å²) in [4.78, 5) is 21.1. The Morgan fingerprint density at radius 3 is 2.67 bits per heavy atom. The van der Waals surface area contributed by atoms with Crippen molar-refractivity contribution in [2.24, 2.45) is 5.73 Å². The van der Waals surface area contributed by atoms with Gasteiger partial charge in [0.05, 0.1) is 30.9 Å². The third-order valence-corrected chi connectivity index (χ3v) is 5.11. The van der Waals surface area contributed by atoms with Crippen LogP contribution in [0.4, 0.5) is 5.82 Å². The number of piperazine rings is 1. The van der Waals surface area contributed by atoms with E-state index in [0.29, 0.717) is 30.6 Å². The maximum atomic E-state index is 11.8. The highest BCUT2D eigenvalue weighted by Gasteiger charge is 2.35. The van der Waals surface area contributed by atoms with E-state index in [1.165, 1.54) is 0 Å². The lowest BCUT2D eigenvalue weighted by Gasteiger charge is -2.38. The number of nitrogens with one attached hydrogen (secondary N) is 1. The molecule has 0 bridgehead atoms. The largest absolute Gasteiger partial charge is 0.378 e. The summed E-state index contributed by atoms with van der Waals surface area (Å²) in [6.07, 6.45) is 0. The zero-order chi connectivity index (χ0) is 17.3. The minimum Gasteiger partial charge on any atom is -0.378 e. The van der Waals surface area contributed by atoms with Gasteiger partial charge in [0.15, 0.2) is 0 Å². The number of aromatic nitrogens is 1.